The van der Waals surface area contributed by atoms with E-state index in [9.17, 15) is 14.4 Å². The van der Waals surface area contributed by atoms with Gasteiger partial charge in [0, 0.05) is 6.42 Å². The molecule has 25 heavy (non-hydrogen) atoms. The topological polar surface area (TPSA) is 63.7 Å². The van der Waals surface area contributed by atoms with E-state index in [1.54, 1.807) is 0 Å². The number of rotatable bonds is 8. The molecule has 0 radical (unpaired) electrons. The van der Waals surface area contributed by atoms with Crippen LogP contribution in [0.2, 0.25) is 0 Å². The first-order valence-corrected chi connectivity index (χ1v) is 9.40. The molecule has 0 fully saturated rings. The van der Waals surface area contributed by atoms with Gasteiger partial charge >= 0.3 is 5.97 Å². The predicted molar refractivity (Wildman–Crippen MR) is 102 cm³/mol. The Kier molecular flexibility index (Phi) is 8.69. The van der Waals surface area contributed by atoms with E-state index in [0.717, 1.165) is 47.0 Å². The van der Waals surface area contributed by atoms with Gasteiger partial charge in [-0.1, -0.05) is 37.2 Å². The van der Waals surface area contributed by atoms with Crippen molar-refractivity contribution in [2.24, 2.45) is 0 Å². The maximum absolute atomic E-state index is 12.7. The van der Waals surface area contributed by atoms with E-state index in [-0.39, 0.29) is 23.3 Å². The molecule has 0 unspecified atom stereocenters. The van der Waals surface area contributed by atoms with Crippen LogP contribution in [0.3, 0.4) is 0 Å². The Bertz CT molecular complexity index is 643. The van der Waals surface area contributed by atoms with Gasteiger partial charge in [-0.05, 0) is 43.9 Å². The van der Waals surface area contributed by atoms with Gasteiger partial charge < -0.3 is 4.74 Å². The smallest absolute Gasteiger partial charge is 0.325 e. The number of carbonyl (C=O) groups excluding carboxylic acids is 3. The van der Waals surface area contributed by atoms with Gasteiger partial charge in [-0.2, -0.15) is 0 Å². The number of aryl methyl sites for hydroxylation is 2. The van der Waals surface area contributed by atoms with Crippen LogP contribution in [-0.4, -0.2) is 36.4 Å². The Morgan fingerprint density at radius 1 is 1.12 bits per heavy atom. The lowest BCUT2D eigenvalue weighted by Crippen LogP contribution is -2.38. The molecule has 0 aliphatic rings. The summed E-state index contributed by atoms with van der Waals surface area (Å²) < 4.78 is 4.73. The number of thioether (sulfide) groups is 1. The molecule has 6 heteroatoms. The Morgan fingerprint density at radius 3 is 2.36 bits per heavy atom. The van der Waals surface area contributed by atoms with Gasteiger partial charge in [0.05, 0.1) is 18.6 Å². The number of esters is 1. The zero-order valence-electron chi connectivity index (χ0n) is 15.7. The molecular formula is C19H27NO4S. The van der Waals surface area contributed by atoms with Crippen LogP contribution in [0.1, 0.15) is 42.9 Å². The van der Waals surface area contributed by atoms with Crippen molar-refractivity contribution in [3.63, 3.8) is 0 Å². The van der Waals surface area contributed by atoms with Gasteiger partial charge in [0.15, 0.2) is 5.12 Å². The summed E-state index contributed by atoms with van der Waals surface area (Å²) in [6, 6.07) is 3.91. The van der Waals surface area contributed by atoms with Crippen LogP contribution in [0.15, 0.2) is 12.1 Å². The van der Waals surface area contributed by atoms with Gasteiger partial charge in [-0.3, -0.25) is 19.3 Å². The molecule has 0 heterocycles. The zero-order chi connectivity index (χ0) is 19.0. The molecule has 0 N–H and O–H groups in total. The standard InChI is InChI=1S/C19H27NO4S/c1-6-7-8-18(23)25-12-16(21)20(11-17(22)24-5)19-14(3)10-9-13(2)15(19)4/h9-10H,6-8,11-12H2,1-5H3. The fourth-order valence-corrected chi connectivity index (χ4v) is 3.18. The van der Waals surface area contributed by atoms with Gasteiger partial charge in [-0.15, -0.1) is 0 Å². The zero-order valence-corrected chi connectivity index (χ0v) is 16.5. The summed E-state index contributed by atoms with van der Waals surface area (Å²) in [7, 11) is 1.30. The van der Waals surface area contributed by atoms with E-state index >= 15 is 0 Å². The lowest BCUT2D eigenvalue weighted by Gasteiger charge is -2.26. The first-order chi connectivity index (χ1) is 11.8. The third-order valence-electron chi connectivity index (χ3n) is 4.08. The first kappa shape index (κ1) is 21.2. The third-order valence-corrected chi connectivity index (χ3v) is 5.00. The normalized spacial score (nSPS) is 10.4. The fourth-order valence-electron chi connectivity index (χ4n) is 2.45. The summed E-state index contributed by atoms with van der Waals surface area (Å²) in [4.78, 5) is 37.8. The minimum atomic E-state index is -0.490. The molecule has 0 bridgehead atoms. The Balaban J connectivity index is 3.01. The third kappa shape index (κ3) is 6.20. The quantitative estimate of drug-likeness (QED) is 0.659. The monoisotopic (exact) mass is 365 g/mol. The van der Waals surface area contributed by atoms with E-state index < -0.39 is 5.97 Å². The maximum atomic E-state index is 12.7. The number of nitrogens with zero attached hydrogens (tertiary/aromatic N) is 1. The van der Waals surface area contributed by atoms with Gasteiger partial charge in [0.25, 0.3) is 0 Å². The second kappa shape index (κ2) is 10.2. The molecule has 0 aliphatic heterocycles. The van der Waals surface area contributed by atoms with Crippen molar-refractivity contribution in [1.29, 1.82) is 0 Å². The number of ether oxygens (including phenoxy) is 1. The highest BCUT2D eigenvalue weighted by Crippen LogP contribution is 2.28. The molecule has 0 saturated carbocycles. The van der Waals surface area contributed by atoms with Crippen LogP contribution in [0.25, 0.3) is 0 Å². The number of benzene rings is 1. The van der Waals surface area contributed by atoms with Crippen LogP contribution in [0.4, 0.5) is 5.69 Å². The second-order valence-electron chi connectivity index (χ2n) is 5.99. The second-order valence-corrected chi connectivity index (χ2v) is 7.03. The summed E-state index contributed by atoms with van der Waals surface area (Å²) in [6.45, 7) is 7.64. The minimum Gasteiger partial charge on any atom is -0.468 e. The summed E-state index contributed by atoms with van der Waals surface area (Å²) in [5.74, 6) is -0.736. The number of amides is 1. The highest BCUT2D eigenvalue weighted by molar-refractivity contribution is 8.14. The average Bonchev–Trinajstić information content (AvgIpc) is 2.60. The van der Waals surface area contributed by atoms with Crippen molar-refractivity contribution in [3.8, 4) is 0 Å². The predicted octanol–water partition coefficient (Wildman–Crippen LogP) is 3.57. The summed E-state index contributed by atoms with van der Waals surface area (Å²) in [5, 5.41) is 0.00547. The first-order valence-electron chi connectivity index (χ1n) is 8.41. The number of methoxy groups -OCH3 is 1. The molecule has 0 spiro atoms. The van der Waals surface area contributed by atoms with E-state index in [2.05, 4.69) is 0 Å². The van der Waals surface area contributed by atoms with Crippen LogP contribution in [0, 0.1) is 20.8 Å². The van der Waals surface area contributed by atoms with Crippen LogP contribution in [0.5, 0.6) is 0 Å². The molecule has 0 aromatic heterocycles. The molecule has 0 aliphatic carbocycles. The number of carbonyl (C=O) groups is 3. The largest absolute Gasteiger partial charge is 0.468 e. The van der Waals surface area contributed by atoms with Crippen molar-refractivity contribution >= 4 is 34.4 Å². The number of hydrogen-bond acceptors (Lipinski definition) is 5. The molecule has 138 valence electrons. The van der Waals surface area contributed by atoms with E-state index in [1.165, 1.54) is 12.0 Å². The highest BCUT2D eigenvalue weighted by Gasteiger charge is 2.24. The minimum absolute atomic E-state index is 0.00547. The van der Waals surface area contributed by atoms with Crippen LogP contribution >= 0.6 is 11.8 Å². The molecule has 1 aromatic carbocycles. The Hall–Kier alpha value is -1.82. The summed E-state index contributed by atoms with van der Waals surface area (Å²) >= 11 is 1.02. The van der Waals surface area contributed by atoms with Gasteiger partial charge in [-0.25, -0.2) is 0 Å². The van der Waals surface area contributed by atoms with Crippen LogP contribution in [-0.2, 0) is 19.1 Å². The average molecular weight is 365 g/mol. The SMILES string of the molecule is CCCCC(=O)SCC(=O)N(CC(=O)OC)c1c(C)ccc(C)c1C. The molecular weight excluding hydrogens is 338 g/mol. The maximum Gasteiger partial charge on any atom is 0.325 e. The van der Waals surface area contributed by atoms with Crippen molar-refractivity contribution < 1.29 is 19.1 Å². The molecule has 1 amide bonds. The number of anilines is 1. The van der Waals surface area contributed by atoms with Gasteiger partial charge in [0.1, 0.15) is 6.54 Å². The van der Waals surface area contributed by atoms with Crippen molar-refractivity contribution in [2.45, 2.75) is 47.0 Å². The van der Waals surface area contributed by atoms with Crippen molar-refractivity contribution in [1.82, 2.24) is 0 Å². The highest BCUT2D eigenvalue weighted by atomic mass is 32.2. The Morgan fingerprint density at radius 2 is 1.76 bits per heavy atom. The van der Waals surface area contributed by atoms with Crippen molar-refractivity contribution in [2.75, 3.05) is 24.3 Å². The van der Waals surface area contributed by atoms with Crippen molar-refractivity contribution in [3.05, 3.63) is 28.8 Å². The fraction of sp³-hybridized carbons (Fsp3) is 0.526. The molecule has 1 aromatic rings. The lowest BCUT2D eigenvalue weighted by atomic mass is 10.0. The van der Waals surface area contributed by atoms with Crippen LogP contribution < -0.4 is 4.90 Å². The summed E-state index contributed by atoms with van der Waals surface area (Å²) in [5.41, 5.74) is 3.61. The molecule has 0 saturated heterocycles. The number of unbranched alkanes of at least 4 members (excludes halogenated alkanes) is 1. The lowest BCUT2D eigenvalue weighted by molar-refractivity contribution is -0.139. The molecule has 1 rings (SSSR count). The molecule has 5 nitrogen and oxygen atoms in total. The number of hydrogen-bond donors (Lipinski definition) is 0. The molecule has 0 atom stereocenters. The van der Waals surface area contributed by atoms with E-state index in [0.29, 0.717) is 6.42 Å². The van der Waals surface area contributed by atoms with E-state index in [4.69, 9.17) is 4.74 Å². The Labute approximate surface area is 154 Å². The van der Waals surface area contributed by atoms with E-state index in [1.807, 2.05) is 39.8 Å². The van der Waals surface area contributed by atoms with Gasteiger partial charge in [0.2, 0.25) is 5.91 Å². The summed E-state index contributed by atoms with van der Waals surface area (Å²) in [6.07, 6.45) is 2.23.